The van der Waals surface area contributed by atoms with E-state index < -0.39 is 0 Å². The van der Waals surface area contributed by atoms with Crippen molar-refractivity contribution >= 4 is 34.9 Å². The van der Waals surface area contributed by atoms with E-state index in [1.165, 1.54) is 31.9 Å². The topological polar surface area (TPSA) is 63.8 Å². The third-order valence-corrected chi connectivity index (χ3v) is 4.91. The smallest absolute Gasteiger partial charge is 0.224 e. The third kappa shape index (κ3) is 2.96. The predicted molar refractivity (Wildman–Crippen MR) is 74.7 cm³/mol. The first-order valence-corrected chi connectivity index (χ1v) is 7.32. The lowest BCUT2D eigenvalue weighted by molar-refractivity contribution is 0.638. The average molecular weight is 273 g/mol. The van der Waals surface area contributed by atoms with Crippen molar-refractivity contribution in [3.8, 4) is 0 Å². The lowest BCUT2D eigenvalue weighted by Crippen LogP contribution is -2.30. The molecule has 0 aromatic carbocycles. The third-order valence-electron chi connectivity index (χ3n) is 3.31. The molecule has 0 saturated heterocycles. The van der Waals surface area contributed by atoms with Gasteiger partial charge in [-0.15, -0.1) is 0 Å². The SMILES string of the molecule is CSC1(CNc2nc(Cl)ncc2N)CCCC1. The van der Waals surface area contributed by atoms with Gasteiger partial charge in [0.1, 0.15) is 0 Å². The van der Waals surface area contributed by atoms with Crippen LogP contribution in [0.4, 0.5) is 11.5 Å². The lowest BCUT2D eigenvalue weighted by Gasteiger charge is -2.27. The maximum Gasteiger partial charge on any atom is 0.224 e. The molecule has 17 heavy (non-hydrogen) atoms. The number of hydrogen-bond donors (Lipinski definition) is 2. The van der Waals surface area contributed by atoms with E-state index in [1.54, 1.807) is 0 Å². The van der Waals surface area contributed by atoms with E-state index in [9.17, 15) is 0 Å². The van der Waals surface area contributed by atoms with Gasteiger partial charge < -0.3 is 11.1 Å². The van der Waals surface area contributed by atoms with Crippen molar-refractivity contribution in [1.82, 2.24) is 9.97 Å². The van der Waals surface area contributed by atoms with E-state index in [2.05, 4.69) is 21.5 Å². The molecule has 2 rings (SSSR count). The minimum absolute atomic E-state index is 0.228. The number of halogens is 1. The van der Waals surface area contributed by atoms with Gasteiger partial charge in [-0.25, -0.2) is 4.98 Å². The van der Waals surface area contributed by atoms with Crippen molar-refractivity contribution in [1.29, 1.82) is 0 Å². The fourth-order valence-electron chi connectivity index (χ4n) is 2.23. The Morgan fingerprint density at radius 1 is 1.53 bits per heavy atom. The van der Waals surface area contributed by atoms with Crippen molar-refractivity contribution in [3.05, 3.63) is 11.5 Å². The van der Waals surface area contributed by atoms with Crippen LogP contribution < -0.4 is 11.1 Å². The van der Waals surface area contributed by atoms with Crippen LogP contribution in [0, 0.1) is 0 Å². The molecule has 0 radical (unpaired) electrons. The van der Waals surface area contributed by atoms with E-state index in [4.69, 9.17) is 17.3 Å². The maximum atomic E-state index is 5.81. The summed E-state index contributed by atoms with van der Waals surface area (Å²) in [5.74, 6) is 0.644. The highest BCUT2D eigenvalue weighted by atomic mass is 35.5. The second kappa shape index (κ2) is 5.31. The Morgan fingerprint density at radius 3 is 2.88 bits per heavy atom. The summed E-state index contributed by atoms with van der Waals surface area (Å²) in [7, 11) is 0. The van der Waals surface area contributed by atoms with Crippen LogP contribution in [0.3, 0.4) is 0 Å². The van der Waals surface area contributed by atoms with Crippen molar-refractivity contribution in [3.63, 3.8) is 0 Å². The summed E-state index contributed by atoms with van der Waals surface area (Å²) in [6.07, 6.45) is 8.83. The monoisotopic (exact) mass is 272 g/mol. The Balaban J connectivity index is 2.03. The molecule has 0 bridgehead atoms. The zero-order valence-corrected chi connectivity index (χ0v) is 11.4. The molecule has 0 atom stereocenters. The predicted octanol–water partition coefficient (Wildman–Crippen LogP) is 2.80. The zero-order chi connectivity index (χ0) is 12.3. The second-order valence-electron chi connectivity index (χ2n) is 4.39. The number of anilines is 2. The quantitative estimate of drug-likeness (QED) is 0.825. The minimum atomic E-state index is 0.228. The molecular formula is C11H17ClN4S. The highest BCUT2D eigenvalue weighted by Crippen LogP contribution is 2.40. The summed E-state index contributed by atoms with van der Waals surface area (Å²) in [6, 6.07) is 0. The van der Waals surface area contributed by atoms with Gasteiger partial charge in [0.15, 0.2) is 5.82 Å². The molecule has 1 aliphatic rings. The Kier molecular flexibility index (Phi) is 3.99. The molecule has 1 heterocycles. The van der Waals surface area contributed by atoms with E-state index in [0.717, 1.165) is 6.54 Å². The number of aromatic nitrogens is 2. The molecular weight excluding hydrogens is 256 g/mol. The number of nitrogens with zero attached hydrogens (tertiary/aromatic N) is 2. The van der Waals surface area contributed by atoms with E-state index >= 15 is 0 Å². The van der Waals surface area contributed by atoms with Gasteiger partial charge >= 0.3 is 0 Å². The standard InChI is InChI=1S/C11H17ClN4S/c1-17-11(4-2-3-5-11)7-15-9-8(13)6-14-10(12)16-9/h6H,2-5,7,13H2,1H3,(H,14,15,16). The van der Waals surface area contributed by atoms with Crippen molar-refractivity contribution in [2.24, 2.45) is 0 Å². The largest absolute Gasteiger partial charge is 0.394 e. The molecule has 3 N–H and O–H groups in total. The molecule has 6 heteroatoms. The van der Waals surface area contributed by atoms with Gasteiger partial charge in [-0.3, -0.25) is 0 Å². The summed E-state index contributed by atoms with van der Waals surface area (Å²) < 4.78 is 0.323. The van der Waals surface area contributed by atoms with Crippen LogP contribution in [0.2, 0.25) is 5.28 Å². The minimum Gasteiger partial charge on any atom is -0.394 e. The molecule has 4 nitrogen and oxygen atoms in total. The summed E-state index contributed by atoms with van der Waals surface area (Å²) in [4.78, 5) is 7.95. The Hall–Kier alpha value is -0.680. The number of nitrogens with two attached hydrogens (primary N) is 1. The number of nitrogen functional groups attached to an aromatic ring is 1. The molecule has 1 aromatic heterocycles. The fraction of sp³-hybridized carbons (Fsp3) is 0.636. The summed E-state index contributed by atoms with van der Waals surface area (Å²) in [5, 5.41) is 3.53. The molecule has 1 aromatic rings. The lowest BCUT2D eigenvalue weighted by atomic mass is 10.1. The summed E-state index contributed by atoms with van der Waals surface area (Å²) in [5.41, 5.74) is 6.35. The Morgan fingerprint density at radius 2 is 2.24 bits per heavy atom. The fourth-order valence-corrected chi connectivity index (χ4v) is 3.28. The molecule has 0 spiro atoms. The average Bonchev–Trinajstić information content (AvgIpc) is 2.80. The summed E-state index contributed by atoms with van der Waals surface area (Å²) in [6.45, 7) is 0.881. The molecule has 0 unspecified atom stereocenters. The second-order valence-corrected chi connectivity index (χ2v) is 6.00. The zero-order valence-electron chi connectivity index (χ0n) is 9.87. The van der Waals surface area contributed by atoms with Crippen LogP contribution in [-0.2, 0) is 0 Å². The van der Waals surface area contributed by atoms with Gasteiger partial charge in [0.25, 0.3) is 0 Å². The van der Waals surface area contributed by atoms with E-state index in [1.807, 2.05) is 11.8 Å². The Labute approximate surface area is 111 Å². The van der Waals surface area contributed by atoms with Gasteiger partial charge in [0.2, 0.25) is 5.28 Å². The number of hydrogen-bond acceptors (Lipinski definition) is 5. The van der Waals surface area contributed by atoms with Crippen molar-refractivity contribution in [2.45, 2.75) is 30.4 Å². The summed E-state index contributed by atoms with van der Waals surface area (Å²) >= 11 is 7.69. The molecule has 1 fully saturated rings. The number of thioether (sulfide) groups is 1. The Bertz CT molecular complexity index is 393. The van der Waals surface area contributed by atoms with Crippen LogP contribution >= 0.6 is 23.4 Å². The van der Waals surface area contributed by atoms with Gasteiger partial charge in [-0.1, -0.05) is 12.8 Å². The molecule has 0 aliphatic heterocycles. The van der Waals surface area contributed by atoms with Crippen LogP contribution in [-0.4, -0.2) is 27.5 Å². The van der Waals surface area contributed by atoms with Crippen LogP contribution in [0.1, 0.15) is 25.7 Å². The van der Waals surface area contributed by atoms with Crippen molar-refractivity contribution < 1.29 is 0 Å². The normalized spacial score (nSPS) is 18.2. The van der Waals surface area contributed by atoms with Crippen LogP contribution in [0.5, 0.6) is 0 Å². The molecule has 1 aliphatic carbocycles. The highest BCUT2D eigenvalue weighted by Gasteiger charge is 2.32. The van der Waals surface area contributed by atoms with Crippen LogP contribution in [0.15, 0.2) is 6.20 Å². The molecule has 0 amide bonds. The number of rotatable bonds is 4. The molecule has 1 saturated carbocycles. The van der Waals surface area contributed by atoms with Gasteiger partial charge in [-0.2, -0.15) is 16.7 Å². The van der Waals surface area contributed by atoms with E-state index in [-0.39, 0.29) is 5.28 Å². The van der Waals surface area contributed by atoms with Gasteiger partial charge in [-0.05, 0) is 30.7 Å². The van der Waals surface area contributed by atoms with Gasteiger partial charge in [0, 0.05) is 11.3 Å². The van der Waals surface area contributed by atoms with Crippen molar-refractivity contribution in [2.75, 3.05) is 23.9 Å². The first kappa shape index (κ1) is 12.8. The maximum absolute atomic E-state index is 5.81. The first-order valence-electron chi connectivity index (χ1n) is 5.72. The molecule has 94 valence electrons. The highest BCUT2D eigenvalue weighted by molar-refractivity contribution is 8.00. The number of nitrogens with one attached hydrogen (secondary N) is 1. The van der Waals surface area contributed by atoms with Crippen LogP contribution in [0.25, 0.3) is 0 Å². The first-order chi connectivity index (χ1) is 8.15. The van der Waals surface area contributed by atoms with E-state index in [0.29, 0.717) is 16.3 Å². The van der Waals surface area contributed by atoms with Gasteiger partial charge in [0.05, 0.1) is 11.9 Å².